The molecule has 0 saturated heterocycles. The highest BCUT2D eigenvalue weighted by molar-refractivity contribution is 7.92. The Morgan fingerprint density at radius 3 is 2.23 bits per heavy atom. The Labute approximate surface area is 135 Å². The summed E-state index contributed by atoms with van der Waals surface area (Å²) in [7, 11) is 0.631. The van der Waals surface area contributed by atoms with Gasteiger partial charge in [-0.05, 0) is 24.3 Å². The summed E-state index contributed by atoms with van der Waals surface area (Å²) in [6.07, 6.45) is 0. The average Bonchev–Trinajstić information content (AvgIpc) is 2.53. The highest BCUT2D eigenvalue weighted by Gasteiger charge is 2.24. The summed E-state index contributed by atoms with van der Waals surface area (Å²) in [5.74, 6) is 0.804. The number of benzene rings is 2. The third-order valence-corrected chi connectivity index (χ3v) is 5.29. The molecule has 0 aliphatic rings. The predicted molar refractivity (Wildman–Crippen MR) is 86.6 cm³/mol. The van der Waals surface area contributed by atoms with Crippen LogP contribution in [-0.2, 0) is 10.0 Å². The number of sulfonamides is 1. The highest BCUT2D eigenvalue weighted by Crippen LogP contribution is 2.33. The van der Waals surface area contributed by atoms with Gasteiger partial charge < -0.3 is 9.47 Å². The van der Waals surface area contributed by atoms with Crippen LogP contribution >= 0.6 is 11.6 Å². The first-order valence-corrected chi connectivity index (χ1v) is 8.19. The number of para-hydroxylation sites is 1. The highest BCUT2D eigenvalue weighted by atomic mass is 35.5. The summed E-state index contributed by atoms with van der Waals surface area (Å²) in [5.41, 5.74) is 0.402. The van der Waals surface area contributed by atoms with Crippen LogP contribution in [0.15, 0.2) is 47.4 Å². The van der Waals surface area contributed by atoms with Crippen molar-refractivity contribution >= 4 is 27.3 Å². The number of anilines is 1. The SMILES string of the molecule is COc1ccc(S(=O)(=O)N(C)c2ccccc2Cl)cc1OC. The minimum absolute atomic E-state index is 0.0903. The number of hydrogen-bond acceptors (Lipinski definition) is 4. The van der Waals surface area contributed by atoms with Crippen molar-refractivity contribution < 1.29 is 17.9 Å². The molecule has 0 bridgehead atoms. The van der Waals surface area contributed by atoms with Crippen LogP contribution in [0.3, 0.4) is 0 Å². The van der Waals surface area contributed by atoms with E-state index in [4.69, 9.17) is 21.1 Å². The molecule has 7 heteroatoms. The minimum Gasteiger partial charge on any atom is -0.493 e. The van der Waals surface area contributed by atoms with Gasteiger partial charge in [0, 0.05) is 13.1 Å². The summed E-state index contributed by atoms with van der Waals surface area (Å²) < 4.78 is 36.8. The van der Waals surface area contributed by atoms with Gasteiger partial charge in [-0.25, -0.2) is 8.42 Å². The van der Waals surface area contributed by atoms with Crippen LogP contribution in [0.25, 0.3) is 0 Å². The van der Waals surface area contributed by atoms with Crippen LogP contribution in [0.5, 0.6) is 11.5 Å². The Balaban J connectivity index is 2.49. The summed E-state index contributed by atoms with van der Waals surface area (Å²) >= 11 is 6.07. The number of ether oxygens (including phenoxy) is 2. The normalized spacial score (nSPS) is 11.1. The number of rotatable bonds is 5. The maximum atomic E-state index is 12.7. The van der Waals surface area contributed by atoms with Crippen LogP contribution < -0.4 is 13.8 Å². The number of halogens is 1. The number of hydrogen-bond donors (Lipinski definition) is 0. The van der Waals surface area contributed by atoms with E-state index in [0.29, 0.717) is 22.2 Å². The number of methoxy groups -OCH3 is 2. The van der Waals surface area contributed by atoms with Crippen LogP contribution in [0, 0.1) is 0 Å². The Hall–Kier alpha value is -1.92. The second-order valence-corrected chi connectivity index (χ2v) is 6.82. The van der Waals surface area contributed by atoms with E-state index in [0.717, 1.165) is 4.31 Å². The zero-order valence-electron chi connectivity index (χ0n) is 12.4. The van der Waals surface area contributed by atoms with Crippen molar-refractivity contribution in [2.24, 2.45) is 0 Å². The molecule has 0 radical (unpaired) electrons. The van der Waals surface area contributed by atoms with Crippen LogP contribution in [0.2, 0.25) is 5.02 Å². The van der Waals surface area contributed by atoms with Gasteiger partial charge in [-0.2, -0.15) is 0 Å². The maximum absolute atomic E-state index is 12.7. The molecule has 0 aromatic heterocycles. The zero-order valence-corrected chi connectivity index (χ0v) is 14.0. The van der Waals surface area contributed by atoms with E-state index >= 15 is 0 Å². The van der Waals surface area contributed by atoms with Gasteiger partial charge >= 0.3 is 0 Å². The van der Waals surface area contributed by atoms with Gasteiger partial charge in [-0.3, -0.25) is 4.31 Å². The van der Waals surface area contributed by atoms with E-state index in [9.17, 15) is 8.42 Å². The molecule has 0 aliphatic heterocycles. The van der Waals surface area contributed by atoms with Crippen molar-refractivity contribution in [1.29, 1.82) is 0 Å². The summed E-state index contributed by atoms with van der Waals surface area (Å²) in [6.45, 7) is 0. The molecule has 2 rings (SSSR count). The quantitative estimate of drug-likeness (QED) is 0.838. The molecule has 118 valence electrons. The molecule has 0 amide bonds. The summed E-state index contributed by atoms with van der Waals surface area (Å²) in [6, 6.07) is 11.2. The fourth-order valence-electron chi connectivity index (χ4n) is 1.97. The lowest BCUT2D eigenvalue weighted by molar-refractivity contribution is 0.354. The molecule has 5 nitrogen and oxygen atoms in total. The molecule has 0 N–H and O–H groups in total. The molecule has 0 fully saturated rings. The van der Waals surface area contributed by atoms with Crippen molar-refractivity contribution in [3.05, 3.63) is 47.5 Å². The van der Waals surface area contributed by atoms with Crippen LogP contribution in [0.1, 0.15) is 0 Å². The second kappa shape index (κ2) is 6.46. The Morgan fingerprint density at radius 1 is 1.00 bits per heavy atom. The Morgan fingerprint density at radius 2 is 1.64 bits per heavy atom. The molecular weight excluding hydrogens is 326 g/mol. The average molecular weight is 342 g/mol. The van der Waals surface area contributed by atoms with Crippen LogP contribution in [0.4, 0.5) is 5.69 Å². The molecule has 2 aromatic rings. The van der Waals surface area contributed by atoms with E-state index in [-0.39, 0.29) is 4.90 Å². The molecule has 0 spiro atoms. The van der Waals surface area contributed by atoms with Gasteiger partial charge in [-0.15, -0.1) is 0 Å². The fourth-order valence-corrected chi connectivity index (χ4v) is 3.51. The monoisotopic (exact) mass is 341 g/mol. The first-order valence-electron chi connectivity index (χ1n) is 6.37. The molecule has 22 heavy (non-hydrogen) atoms. The summed E-state index contributed by atoms with van der Waals surface area (Å²) in [4.78, 5) is 0.0903. The van der Waals surface area contributed by atoms with E-state index < -0.39 is 10.0 Å². The largest absolute Gasteiger partial charge is 0.493 e. The topological polar surface area (TPSA) is 55.8 Å². The van der Waals surface area contributed by atoms with E-state index in [1.807, 2.05) is 0 Å². The van der Waals surface area contributed by atoms with Crippen molar-refractivity contribution in [1.82, 2.24) is 0 Å². The van der Waals surface area contributed by atoms with Crippen molar-refractivity contribution in [2.75, 3.05) is 25.6 Å². The van der Waals surface area contributed by atoms with Gasteiger partial charge in [-0.1, -0.05) is 23.7 Å². The molecule has 0 unspecified atom stereocenters. The van der Waals surface area contributed by atoms with Gasteiger partial charge in [0.15, 0.2) is 11.5 Å². The summed E-state index contributed by atoms with van der Waals surface area (Å²) in [5, 5.41) is 0.356. The molecular formula is C15H16ClNO4S. The van der Waals surface area contributed by atoms with E-state index in [1.54, 1.807) is 30.3 Å². The maximum Gasteiger partial charge on any atom is 0.264 e. The van der Waals surface area contributed by atoms with E-state index in [2.05, 4.69) is 0 Å². The fraction of sp³-hybridized carbons (Fsp3) is 0.200. The Kier molecular flexibility index (Phi) is 4.83. The smallest absolute Gasteiger partial charge is 0.264 e. The first kappa shape index (κ1) is 16.5. The third-order valence-electron chi connectivity index (χ3n) is 3.21. The number of nitrogens with zero attached hydrogens (tertiary/aromatic N) is 1. The van der Waals surface area contributed by atoms with Crippen molar-refractivity contribution in [3.8, 4) is 11.5 Å². The molecule has 0 heterocycles. The van der Waals surface area contributed by atoms with Crippen molar-refractivity contribution in [2.45, 2.75) is 4.90 Å². The van der Waals surface area contributed by atoms with Crippen molar-refractivity contribution in [3.63, 3.8) is 0 Å². The predicted octanol–water partition coefficient (Wildman–Crippen LogP) is 3.18. The molecule has 2 aromatic carbocycles. The van der Waals surface area contributed by atoms with Gasteiger partial charge in [0.25, 0.3) is 10.0 Å². The van der Waals surface area contributed by atoms with Gasteiger partial charge in [0.1, 0.15) is 0 Å². The first-order chi connectivity index (χ1) is 10.4. The minimum atomic E-state index is -3.76. The standard InChI is InChI=1S/C15H16ClNO4S/c1-17(13-7-5-4-6-12(13)16)22(18,19)11-8-9-14(20-2)15(10-11)21-3/h4-10H,1-3H3. The molecule has 0 atom stereocenters. The molecule has 0 aliphatic carbocycles. The van der Waals surface area contributed by atoms with Crippen LogP contribution in [-0.4, -0.2) is 29.7 Å². The van der Waals surface area contributed by atoms with E-state index in [1.165, 1.54) is 33.4 Å². The molecule has 0 saturated carbocycles. The van der Waals surface area contributed by atoms with Gasteiger partial charge in [0.05, 0.1) is 29.8 Å². The lowest BCUT2D eigenvalue weighted by Gasteiger charge is -2.21. The zero-order chi connectivity index (χ0) is 16.3. The Bertz CT molecular complexity index is 777. The second-order valence-electron chi connectivity index (χ2n) is 4.44. The lowest BCUT2D eigenvalue weighted by atomic mass is 10.3. The lowest BCUT2D eigenvalue weighted by Crippen LogP contribution is -2.26. The van der Waals surface area contributed by atoms with Gasteiger partial charge in [0.2, 0.25) is 0 Å². The third kappa shape index (κ3) is 2.98.